The molecule has 2 rings (SSSR count). The fraction of sp³-hybridized carbons (Fsp3) is 0.438. The van der Waals surface area contributed by atoms with Gasteiger partial charge in [-0.3, -0.25) is 9.59 Å². The average Bonchev–Trinajstić information content (AvgIpc) is 2.60. The highest BCUT2D eigenvalue weighted by molar-refractivity contribution is 9.10. The van der Waals surface area contributed by atoms with Crippen molar-refractivity contribution in [3.63, 3.8) is 0 Å². The molecule has 7 nitrogen and oxygen atoms in total. The van der Waals surface area contributed by atoms with Crippen molar-refractivity contribution in [2.45, 2.75) is 12.8 Å². The molecule has 0 aliphatic carbocycles. The number of esters is 2. The Kier molecular flexibility index (Phi) is 6.19. The molecule has 1 aliphatic rings. The summed E-state index contributed by atoms with van der Waals surface area (Å²) in [4.78, 5) is 37.0. The molecule has 0 spiro atoms. The molecule has 1 N–H and O–H groups in total. The second kappa shape index (κ2) is 8.14. The van der Waals surface area contributed by atoms with Crippen molar-refractivity contribution in [1.82, 2.24) is 4.90 Å². The molecule has 0 aromatic heterocycles. The van der Waals surface area contributed by atoms with Crippen LogP contribution in [0.5, 0.6) is 5.75 Å². The Hall–Kier alpha value is -2.09. The zero-order chi connectivity index (χ0) is 17.7. The summed E-state index contributed by atoms with van der Waals surface area (Å²) in [6.45, 7) is 0.421. The lowest BCUT2D eigenvalue weighted by atomic mass is 9.97. The van der Waals surface area contributed by atoms with Crippen molar-refractivity contribution in [1.29, 1.82) is 0 Å². The van der Waals surface area contributed by atoms with Gasteiger partial charge in [-0.05, 0) is 31.0 Å². The van der Waals surface area contributed by atoms with Crippen molar-refractivity contribution in [3.8, 4) is 5.75 Å². The molecule has 1 aromatic carbocycles. The lowest BCUT2D eigenvalue weighted by molar-refractivity contribution is -0.149. The maximum Gasteiger partial charge on any atom is 0.342 e. The lowest BCUT2D eigenvalue weighted by Gasteiger charge is -2.30. The quantitative estimate of drug-likeness (QED) is 0.774. The number of piperidine rings is 1. The van der Waals surface area contributed by atoms with Crippen molar-refractivity contribution in [2.75, 3.05) is 26.8 Å². The van der Waals surface area contributed by atoms with Crippen LogP contribution in [0.15, 0.2) is 22.7 Å². The van der Waals surface area contributed by atoms with E-state index in [0.29, 0.717) is 30.4 Å². The van der Waals surface area contributed by atoms with Crippen LogP contribution in [0.3, 0.4) is 0 Å². The summed E-state index contributed by atoms with van der Waals surface area (Å²) in [5, 5.41) is 9.66. The van der Waals surface area contributed by atoms with Crippen molar-refractivity contribution < 1.29 is 29.0 Å². The van der Waals surface area contributed by atoms with E-state index in [4.69, 9.17) is 9.47 Å². The average molecular weight is 400 g/mol. The van der Waals surface area contributed by atoms with Gasteiger partial charge in [-0.25, -0.2) is 4.79 Å². The highest BCUT2D eigenvalue weighted by atomic mass is 79.9. The predicted molar refractivity (Wildman–Crippen MR) is 87.4 cm³/mol. The number of methoxy groups -OCH3 is 1. The standard InChI is InChI=1S/C16H18BrNO6/c1-23-15(21)10-4-6-18(7-5-10)14(20)9-24-16(22)12-8-11(17)2-3-13(12)19/h2-3,8,10,19H,4-7,9H2,1H3. The van der Waals surface area contributed by atoms with Crippen LogP contribution in [-0.2, 0) is 19.1 Å². The highest BCUT2D eigenvalue weighted by Gasteiger charge is 2.28. The minimum Gasteiger partial charge on any atom is -0.507 e. The van der Waals surface area contributed by atoms with Crippen LogP contribution in [-0.4, -0.2) is 54.7 Å². The number of aromatic hydroxyl groups is 1. The summed E-state index contributed by atoms with van der Waals surface area (Å²) in [5.41, 5.74) is -0.0124. The molecule has 24 heavy (non-hydrogen) atoms. The van der Waals surface area contributed by atoms with Gasteiger partial charge in [0, 0.05) is 17.6 Å². The Morgan fingerprint density at radius 1 is 1.29 bits per heavy atom. The Labute approximate surface area is 147 Å². The molecule has 0 bridgehead atoms. The maximum absolute atomic E-state index is 12.1. The van der Waals surface area contributed by atoms with E-state index in [1.165, 1.54) is 19.2 Å². The van der Waals surface area contributed by atoms with Gasteiger partial charge in [0.25, 0.3) is 5.91 Å². The van der Waals surface area contributed by atoms with Crippen LogP contribution in [0.1, 0.15) is 23.2 Å². The third-order valence-electron chi connectivity index (χ3n) is 3.89. The normalized spacial score (nSPS) is 15.0. The number of hydrogen-bond donors (Lipinski definition) is 1. The maximum atomic E-state index is 12.1. The smallest absolute Gasteiger partial charge is 0.342 e. The molecule has 8 heteroatoms. The van der Waals surface area contributed by atoms with Gasteiger partial charge in [-0.2, -0.15) is 0 Å². The number of phenolic OH excluding ortho intramolecular Hbond substituents is 1. The minimum absolute atomic E-state index is 0.0124. The Morgan fingerprint density at radius 2 is 1.96 bits per heavy atom. The number of rotatable bonds is 4. The first-order valence-corrected chi connectivity index (χ1v) is 8.23. The van der Waals surface area contributed by atoms with Gasteiger partial charge in [0.05, 0.1) is 13.0 Å². The molecular formula is C16H18BrNO6. The molecule has 0 atom stereocenters. The van der Waals surface area contributed by atoms with Crippen LogP contribution in [0.25, 0.3) is 0 Å². The van der Waals surface area contributed by atoms with E-state index in [0.717, 1.165) is 0 Å². The molecule has 1 amide bonds. The molecule has 0 saturated carbocycles. The van der Waals surface area contributed by atoms with E-state index < -0.39 is 12.6 Å². The first-order valence-electron chi connectivity index (χ1n) is 7.43. The van der Waals surface area contributed by atoms with Gasteiger partial charge in [-0.15, -0.1) is 0 Å². The molecule has 130 valence electrons. The first kappa shape index (κ1) is 18.3. The molecule has 1 saturated heterocycles. The first-order chi connectivity index (χ1) is 11.4. The van der Waals surface area contributed by atoms with E-state index in [1.54, 1.807) is 11.0 Å². The van der Waals surface area contributed by atoms with Gasteiger partial charge >= 0.3 is 11.9 Å². The second-order valence-corrected chi connectivity index (χ2v) is 6.33. The third kappa shape index (κ3) is 4.47. The monoisotopic (exact) mass is 399 g/mol. The number of nitrogens with zero attached hydrogens (tertiary/aromatic N) is 1. The largest absolute Gasteiger partial charge is 0.507 e. The summed E-state index contributed by atoms with van der Waals surface area (Å²) in [6.07, 6.45) is 1.05. The SMILES string of the molecule is COC(=O)C1CCN(C(=O)COC(=O)c2cc(Br)ccc2O)CC1. The summed E-state index contributed by atoms with van der Waals surface area (Å²) in [6, 6.07) is 4.37. The third-order valence-corrected chi connectivity index (χ3v) is 4.38. The van der Waals surface area contributed by atoms with Crippen LogP contribution in [0, 0.1) is 5.92 Å². The number of phenols is 1. The summed E-state index contributed by atoms with van der Waals surface area (Å²) < 4.78 is 10.3. The molecule has 1 aromatic rings. The topological polar surface area (TPSA) is 93.1 Å². The molecule has 1 fully saturated rings. The van der Waals surface area contributed by atoms with Crippen LogP contribution >= 0.6 is 15.9 Å². The van der Waals surface area contributed by atoms with E-state index in [-0.39, 0.29) is 29.1 Å². The number of carbonyl (C=O) groups excluding carboxylic acids is 3. The van der Waals surface area contributed by atoms with Crippen molar-refractivity contribution in [2.24, 2.45) is 5.92 Å². The molecule has 1 aliphatic heterocycles. The number of amides is 1. The predicted octanol–water partition coefficient (Wildman–Crippen LogP) is 1.72. The number of hydrogen-bond acceptors (Lipinski definition) is 6. The van der Waals surface area contributed by atoms with Crippen LogP contribution in [0.4, 0.5) is 0 Å². The van der Waals surface area contributed by atoms with Crippen LogP contribution < -0.4 is 0 Å². The zero-order valence-corrected chi connectivity index (χ0v) is 14.7. The zero-order valence-electron chi connectivity index (χ0n) is 13.2. The van der Waals surface area contributed by atoms with Gasteiger partial charge in [0.2, 0.25) is 0 Å². The number of likely N-dealkylation sites (tertiary alicyclic amines) is 1. The number of ether oxygens (including phenoxy) is 2. The van der Waals surface area contributed by atoms with Gasteiger partial charge in [0.15, 0.2) is 6.61 Å². The lowest BCUT2D eigenvalue weighted by Crippen LogP contribution is -2.42. The number of carbonyl (C=O) groups is 3. The van der Waals surface area contributed by atoms with E-state index in [1.807, 2.05) is 0 Å². The van der Waals surface area contributed by atoms with Gasteiger partial charge in [-0.1, -0.05) is 15.9 Å². The molecule has 0 radical (unpaired) electrons. The Balaban J connectivity index is 1.84. The fourth-order valence-electron chi connectivity index (χ4n) is 2.50. The van der Waals surface area contributed by atoms with E-state index >= 15 is 0 Å². The van der Waals surface area contributed by atoms with Gasteiger partial charge < -0.3 is 19.5 Å². The number of benzene rings is 1. The van der Waals surface area contributed by atoms with E-state index in [9.17, 15) is 19.5 Å². The minimum atomic E-state index is -0.772. The van der Waals surface area contributed by atoms with Crippen molar-refractivity contribution >= 4 is 33.8 Å². The van der Waals surface area contributed by atoms with Crippen LogP contribution in [0.2, 0.25) is 0 Å². The Bertz CT molecular complexity index is 639. The number of halogens is 1. The van der Waals surface area contributed by atoms with Crippen molar-refractivity contribution in [3.05, 3.63) is 28.2 Å². The Morgan fingerprint density at radius 3 is 2.58 bits per heavy atom. The second-order valence-electron chi connectivity index (χ2n) is 5.42. The molecule has 1 heterocycles. The van der Waals surface area contributed by atoms with Gasteiger partial charge in [0.1, 0.15) is 11.3 Å². The molecule has 0 unspecified atom stereocenters. The molecular weight excluding hydrogens is 382 g/mol. The fourth-order valence-corrected chi connectivity index (χ4v) is 2.86. The summed E-state index contributed by atoms with van der Waals surface area (Å²) >= 11 is 3.20. The van der Waals surface area contributed by atoms with E-state index in [2.05, 4.69) is 15.9 Å². The highest BCUT2D eigenvalue weighted by Crippen LogP contribution is 2.23. The summed E-state index contributed by atoms with van der Waals surface area (Å²) in [7, 11) is 1.34. The summed E-state index contributed by atoms with van der Waals surface area (Å²) in [5.74, 6) is -1.78.